The minimum Gasteiger partial charge on any atom is -0.496 e. The first-order valence-corrected chi connectivity index (χ1v) is 8.89. The highest BCUT2D eigenvalue weighted by Crippen LogP contribution is 2.29. The zero-order valence-electron chi connectivity index (χ0n) is 15.1. The van der Waals surface area contributed by atoms with E-state index in [-0.39, 0.29) is 6.04 Å². The lowest BCUT2D eigenvalue weighted by molar-refractivity contribution is 0.180. The molecule has 6 heteroatoms. The first-order chi connectivity index (χ1) is 12.8. The topological polar surface area (TPSA) is 64.3 Å². The van der Waals surface area contributed by atoms with E-state index in [1.807, 2.05) is 18.2 Å². The van der Waals surface area contributed by atoms with Gasteiger partial charge in [0.15, 0.2) is 0 Å². The van der Waals surface area contributed by atoms with Crippen molar-refractivity contribution in [2.24, 2.45) is 0 Å². The maximum Gasteiger partial charge on any atom is 0.244 e. The minimum atomic E-state index is 0.0632. The monoisotopic (exact) mass is 350 g/mol. The van der Waals surface area contributed by atoms with Crippen LogP contribution in [0.4, 0.5) is 0 Å². The van der Waals surface area contributed by atoms with Gasteiger partial charge in [-0.2, -0.15) is 4.98 Å². The van der Waals surface area contributed by atoms with Crippen molar-refractivity contribution < 1.29 is 9.26 Å². The number of ether oxygens (including phenoxy) is 1. The van der Waals surface area contributed by atoms with Gasteiger partial charge in [0.2, 0.25) is 11.7 Å². The lowest BCUT2D eigenvalue weighted by atomic mass is 10.0. The fraction of sp³-hybridized carbons (Fsp3) is 0.350. The lowest BCUT2D eigenvalue weighted by Gasteiger charge is -2.24. The molecule has 1 unspecified atom stereocenters. The van der Waals surface area contributed by atoms with Crippen molar-refractivity contribution in [3.63, 3.8) is 0 Å². The van der Waals surface area contributed by atoms with Gasteiger partial charge < -0.3 is 9.26 Å². The Morgan fingerprint density at radius 3 is 2.85 bits per heavy atom. The first-order valence-electron chi connectivity index (χ1n) is 8.89. The predicted octanol–water partition coefficient (Wildman–Crippen LogP) is 3.30. The van der Waals surface area contributed by atoms with Crippen LogP contribution in [-0.2, 0) is 12.8 Å². The van der Waals surface area contributed by atoms with E-state index in [2.05, 4.69) is 39.1 Å². The number of benzene rings is 1. The van der Waals surface area contributed by atoms with Gasteiger partial charge in [-0.1, -0.05) is 17.3 Å². The van der Waals surface area contributed by atoms with E-state index in [9.17, 15) is 0 Å². The number of methoxy groups -OCH3 is 1. The molecular weight excluding hydrogens is 328 g/mol. The molecule has 2 aromatic heterocycles. The molecule has 3 heterocycles. The van der Waals surface area contributed by atoms with Gasteiger partial charge in [0, 0.05) is 31.0 Å². The second-order valence-electron chi connectivity index (χ2n) is 6.51. The molecule has 0 N–H and O–H groups in total. The second-order valence-corrected chi connectivity index (χ2v) is 6.51. The van der Waals surface area contributed by atoms with Gasteiger partial charge in [-0.3, -0.25) is 9.88 Å². The predicted molar refractivity (Wildman–Crippen MR) is 97.9 cm³/mol. The summed E-state index contributed by atoms with van der Waals surface area (Å²) >= 11 is 0. The molecule has 1 aliphatic heterocycles. The lowest BCUT2D eigenvalue weighted by Crippen LogP contribution is -2.29. The molecule has 1 aromatic carbocycles. The zero-order valence-corrected chi connectivity index (χ0v) is 15.1. The van der Waals surface area contributed by atoms with Crippen molar-refractivity contribution in [1.29, 1.82) is 0 Å². The SMILES string of the molecule is COc1cccc2c1CCN(C(C)c1nc(-c3cccnc3)no1)CC2. The Kier molecular flexibility index (Phi) is 4.67. The summed E-state index contributed by atoms with van der Waals surface area (Å²) in [6.07, 6.45) is 5.41. The third kappa shape index (κ3) is 3.20. The number of hydrogen-bond donors (Lipinski definition) is 0. The van der Waals surface area contributed by atoms with Crippen LogP contribution in [0.1, 0.15) is 30.0 Å². The van der Waals surface area contributed by atoms with Crippen LogP contribution in [-0.4, -0.2) is 40.2 Å². The normalized spacial score (nSPS) is 15.9. The summed E-state index contributed by atoms with van der Waals surface area (Å²) < 4.78 is 11.1. The first kappa shape index (κ1) is 16.7. The van der Waals surface area contributed by atoms with Crippen LogP contribution in [0.25, 0.3) is 11.4 Å². The van der Waals surface area contributed by atoms with Crippen molar-refractivity contribution in [3.05, 3.63) is 59.7 Å². The van der Waals surface area contributed by atoms with Crippen LogP contribution in [0.15, 0.2) is 47.2 Å². The van der Waals surface area contributed by atoms with Crippen LogP contribution in [0.5, 0.6) is 5.75 Å². The average molecular weight is 350 g/mol. The van der Waals surface area contributed by atoms with E-state index in [0.29, 0.717) is 11.7 Å². The van der Waals surface area contributed by atoms with Crippen molar-refractivity contribution in [2.45, 2.75) is 25.8 Å². The summed E-state index contributed by atoms with van der Waals surface area (Å²) in [7, 11) is 1.74. The molecule has 0 bridgehead atoms. The van der Waals surface area contributed by atoms with Crippen LogP contribution < -0.4 is 4.74 Å². The van der Waals surface area contributed by atoms with Gasteiger partial charge in [-0.15, -0.1) is 0 Å². The van der Waals surface area contributed by atoms with E-state index < -0.39 is 0 Å². The summed E-state index contributed by atoms with van der Waals surface area (Å²) in [5.41, 5.74) is 3.54. The molecule has 4 rings (SSSR count). The Hall–Kier alpha value is -2.73. The third-order valence-corrected chi connectivity index (χ3v) is 5.03. The van der Waals surface area contributed by atoms with Crippen LogP contribution in [0.2, 0.25) is 0 Å². The minimum absolute atomic E-state index is 0.0632. The average Bonchev–Trinajstić information content (AvgIpc) is 3.08. The highest BCUT2D eigenvalue weighted by molar-refractivity contribution is 5.51. The Labute approximate surface area is 152 Å². The number of nitrogens with zero attached hydrogens (tertiary/aromatic N) is 4. The molecular formula is C20H22N4O2. The Balaban J connectivity index is 1.51. The summed E-state index contributed by atoms with van der Waals surface area (Å²) in [4.78, 5) is 11.1. The van der Waals surface area contributed by atoms with Crippen molar-refractivity contribution in [1.82, 2.24) is 20.0 Å². The Morgan fingerprint density at radius 1 is 1.15 bits per heavy atom. The maximum absolute atomic E-state index is 5.54. The second kappa shape index (κ2) is 7.25. The number of aromatic nitrogens is 3. The molecule has 1 aliphatic rings. The molecule has 26 heavy (non-hydrogen) atoms. The number of pyridine rings is 1. The Bertz CT molecular complexity index is 879. The zero-order chi connectivity index (χ0) is 17.9. The van der Waals surface area contributed by atoms with Gasteiger partial charge in [0.25, 0.3) is 0 Å². The molecule has 0 radical (unpaired) electrons. The molecule has 0 spiro atoms. The van der Waals surface area contributed by atoms with Gasteiger partial charge >= 0.3 is 0 Å². The van der Waals surface area contributed by atoms with Crippen molar-refractivity contribution in [2.75, 3.05) is 20.2 Å². The van der Waals surface area contributed by atoms with E-state index >= 15 is 0 Å². The molecule has 0 saturated heterocycles. The third-order valence-electron chi connectivity index (χ3n) is 5.03. The number of hydrogen-bond acceptors (Lipinski definition) is 6. The van der Waals surface area contributed by atoms with Gasteiger partial charge in [-0.05, 0) is 49.1 Å². The molecule has 134 valence electrons. The van der Waals surface area contributed by atoms with Crippen molar-refractivity contribution >= 4 is 0 Å². The molecule has 1 atom stereocenters. The highest BCUT2D eigenvalue weighted by atomic mass is 16.5. The fourth-order valence-electron chi connectivity index (χ4n) is 3.51. The fourth-order valence-corrected chi connectivity index (χ4v) is 3.51. The molecule has 0 fully saturated rings. The number of fused-ring (bicyclic) bond motifs is 1. The smallest absolute Gasteiger partial charge is 0.244 e. The largest absolute Gasteiger partial charge is 0.496 e. The molecule has 0 aliphatic carbocycles. The van der Waals surface area contributed by atoms with Gasteiger partial charge in [-0.25, -0.2) is 0 Å². The summed E-state index contributed by atoms with van der Waals surface area (Å²) in [6.45, 7) is 4.00. The molecule has 0 amide bonds. The van der Waals surface area contributed by atoms with E-state index in [0.717, 1.165) is 37.2 Å². The van der Waals surface area contributed by atoms with Crippen LogP contribution in [0.3, 0.4) is 0 Å². The number of rotatable bonds is 4. The van der Waals surface area contributed by atoms with Crippen LogP contribution in [0, 0.1) is 0 Å². The molecule has 0 saturated carbocycles. The Morgan fingerprint density at radius 2 is 2.04 bits per heavy atom. The summed E-state index contributed by atoms with van der Waals surface area (Å²) in [6, 6.07) is 10.2. The van der Waals surface area contributed by atoms with Crippen LogP contribution >= 0.6 is 0 Å². The molecule has 6 nitrogen and oxygen atoms in total. The van der Waals surface area contributed by atoms with Gasteiger partial charge in [0.1, 0.15) is 5.75 Å². The quantitative estimate of drug-likeness (QED) is 0.719. The van der Waals surface area contributed by atoms with E-state index in [1.54, 1.807) is 19.5 Å². The summed E-state index contributed by atoms with van der Waals surface area (Å²) in [5, 5.41) is 4.12. The maximum atomic E-state index is 5.54. The molecule has 3 aromatic rings. The van der Waals surface area contributed by atoms with Crippen molar-refractivity contribution in [3.8, 4) is 17.1 Å². The van der Waals surface area contributed by atoms with E-state index in [4.69, 9.17) is 9.26 Å². The summed E-state index contributed by atoms with van der Waals surface area (Å²) in [5.74, 6) is 2.20. The van der Waals surface area contributed by atoms with Gasteiger partial charge in [0.05, 0.1) is 13.2 Å². The standard InChI is InChI=1S/C20H22N4O2/c1-14(20-22-19(23-26-20)16-6-4-10-21-13-16)24-11-8-15-5-3-7-18(25-2)17(15)9-12-24/h3-7,10,13-14H,8-9,11-12H2,1-2H3. The van der Waals surface area contributed by atoms with E-state index in [1.165, 1.54) is 11.1 Å². The highest BCUT2D eigenvalue weighted by Gasteiger charge is 2.25.